The fourth-order valence-corrected chi connectivity index (χ4v) is 12.7. The van der Waals surface area contributed by atoms with Gasteiger partial charge in [0.2, 0.25) is 6.33 Å². The Morgan fingerprint density at radius 3 is 1.64 bits per heavy atom. The molecule has 1 aliphatic heterocycles. The average molecular weight is 1800 g/mol. The van der Waals surface area contributed by atoms with E-state index in [0.717, 1.165) is 141 Å². The van der Waals surface area contributed by atoms with Crippen LogP contribution in [-0.4, -0.2) is 53.9 Å². The number of hydrazone groups is 1. The van der Waals surface area contributed by atoms with Crippen molar-refractivity contribution in [3.8, 4) is 17.3 Å². The van der Waals surface area contributed by atoms with Crippen LogP contribution in [0.4, 0.5) is 60.8 Å². The number of nitrogens with zero attached hydrogens (tertiary/aromatic N) is 12. The van der Waals surface area contributed by atoms with Gasteiger partial charge in [-0.05, 0) is 97.4 Å². The van der Waals surface area contributed by atoms with Crippen LogP contribution < -0.4 is 24.1 Å². The number of hydrogen-bond acceptors (Lipinski definition) is 11. The van der Waals surface area contributed by atoms with Crippen molar-refractivity contribution in [2.75, 3.05) is 21.9 Å². The number of pyridine rings is 2. The summed E-state index contributed by atoms with van der Waals surface area (Å²) < 4.78 is 76.0. The first-order valence-corrected chi connectivity index (χ1v) is 38.2. The predicted molar refractivity (Wildman–Crippen MR) is 391 cm³/mol. The van der Waals surface area contributed by atoms with Crippen molar-refractivity contribution in [2.45, 2.75) is 0 Å². The summed E-state index contributed by atoms with van der Waals surface area (Å²) in [7, 11) is 5.12. The zero-order valence-electron chi connectivity index (χ0n) is 54.8. The number of para-hydroxylation sites is 6. The first-order valence-electron chi connectivity index (χ1n) is 31.4. The molecule has 0 spiro atoms. The Bertz CT molecular complexity index is 5950. The van der Waals surface area contributed by atoms with Crippen LogP contribution in [0.3, 0.4) is 0 Å². The van der Waals surface area contributed by atoms with Crippen molar-refractivity contribution in [1.29, 1.82) is 0 Å². The van der Waals surface area contributed by atoms with Gasteiger partial charge in [-0.15, -0.1) is 42.4 Å². The number of furan rings is 2. The van der Waals surface area contributed by atoms with Crippen LogP contribution in [0.25, 0.3) is 105 Å². The number of anilines is 7. The third kappa shape index (κ3) is 14.9. The summed E-state index contributed by atoms with van der Waals surface area (Å²) in [5, 5.41) is 19.8. The number of benzene rings is 10. The molecule has 8 heterocycles. The first-order chi connectivity index (χ1) is 49.5. The Morgan fingerprint density at radius 2 is 1.06 bits per heavy atom. The number of hydrogen-bond donors (Lipinski definition) is 0. The van der Waals surface area contributed by atoms with Crippen LogP contribution >= 0.6 is 27.0 Å². The van der Waals surface area contributed by atoms with Gasteiger partial charge >= 0.3 is 64.5 Å². The molecule has 10 aromatic carbocycles. The van der Waals surface area contributed by atoms with Crippen molar-refractivity contribution in [2.24, 2.45) is 12.1 Å². The van der Waals surface area contributed by atoms with Crippen molar-refractivity contribution < 1.29 is 82.8 Å². The quantitative estimate of drug-likeness (QED) is 0.0429. The number of aryl methyl sites for hydroxylation is 1. The molecule has 0 saturated heterocycles. The Morgan fingerprint density at radius 1 is 0.563 bits per heavy atom. The number of fused-ring (bicyclic) bond motifs is 12. The Balaban J connectivity index is 0.000000167. The number of carbonyl (C=O) groups excluding carboxylic acids is 1. The van der Waals surface area contributed by atoms with E-state index < -0.39 is 24.6 Å². The van der Waals surface area contributed by atoms with Crippen LogP contribution in [0.2, 0.25) is 0 Å². The molecule has 17 aromatic rings. The van der Waals surface area contributed by atoms with Gasteiger partial charge in [0.05, 0.1) is 35.8 Å². The number of rotatable bonds is 10. The Labute approximate surface area is 617 Å². The second kappa shape index (κ2) is 30.5. The summed E-state index contributed by atoms with van der Waals surface area (Å²) in [5.74, 6) is 1.71. The minimum Gasteiger partial charge on any atom is -1.00 e. The van der Waals surface area contributed by atoms with Gasteiger partial charge in [0.15, 0.2) is 11.2 Å². The van der Waals surface area contributed by atoms with Crippen molar-refractivity contribution in [3.05, 3.63) is 287 Å². The normalized spacial score (nSPS) is 12.3. The van der Waals surface area contributed by atoms with Crippen molar-refractivity contribution in [3.63, 3.8) is 0 Å². The molecular formula is C77H53Cl2F6N12O3PPt2-4. The van der Waals surface area contributed by atoms with E-state index in [-0.39, 0.29) is 25.8 Å². The molecule has 0 atom stereocenters. The second-order valence-electron chi connectivity index (χ2n) is 22.9. The van der Waals surface area contributed by atoms with Gasteiger partial charge in [0, 0.05) is 93.8 Å². The molecule has 7 aromatic heterocycles. The summed E-state index contributed by atoms with van der Waals surface area (Å²) in [5.41, 5.74) is 14.8. The van der Waals surface area contributed by atoms with Gasteiger partial charge < -0.3 is 42.6 Å². The van der Waals surface area contributed by atoms with Crippen molar-refractivity contribution in [1.82, 2.24) is 33.8 Å². The van der Waals surface area contributed by atoms with Gasteiger partial charge in [-0.25, -0.2) is 14.5 Å². The van der Waals surface area contributed by atoms with Crippen molar-refractivity contribution >= 4 is 167 Å². The maximum absolute atomic E-state index is 9.84. The molecule has 0 unspecified atom stereocenters. The zero-order chi connectivity index (χ0) is 70.7. The smallest absolute Gasteiger partial charge is 0 e. The molecule has 0 fully saturated rings. The van der Waals surface area contributed by atoms with Crippen LogP contribution in [0.5, 0.6) is 0 Å². The fraction of sp³-hybridized carbons (Fsp3) is 0.0260. The Kier molecular flexibility index (Phi) is 21.0. The number of aromatic nitrogens is 7. The standard InChI is InChI=1S/C38H27N6O.C38H25N6O.CHO.2ClH.F5P.FH.2Pt/c2*1-41-24-40-42(25-41)26-10-8-11-27(22-26)43(34-16-9-14-32-31-13-3-5-17-36(31)45-38(32)34)28-19-20-30-29-12-2-4-15-33(29)44(35(30)23-28)37-18-6-7-21-39-37;1-2;;;1-6(2,3,4)5;;;/h2-25H,1H3;2-21,24-25H,1H3;1H;2*1H;;1H;;/q+1;-3;-1;;;;;;+2/p-3/i;;1D;;;;;;. The molecule has 26 heteroatoms. The van der Waals surface area contributed by atoms with Gasteiger partial charge in [-0.2, -0.15) is 18.6 Å². The fourth-order valence-electron chi connectivity index (χ4n) is 12.7. The molecule has 0 N–H and O–H groups in total. The maximum atomic E-state index is 9.84. The van der Waals surface area contributed by atoms with E-state index in [1.807, 2.05) is 131 Å². The van der Waals surface area contributed by atoms with E-state index in [1.165, 1.54) is 10.8 Å². The predicted octanol–water partition coefficient (Wildman–Crippen LogP) is 18.6. The molecule has 0 bridgehead atoms. The summed E-state index contributed by atoms with van der Waals surface area (Å²) in [6.45, 7) is 2.67. The molecule has 0 amide bonds. The summed E-state index contributed by atoms with van der Waals surface area (Å²) in [6, 6.07) is 90.8. The van der Waals surface area contributed by atoms with Gasteiger partial charge in [0.25, 0.3) is 6.33 Å². The third-order valence-electron chi connectivity index (χ3n) is 16.6. The molecule has 1 aliphatic rings. The number of halogens is 8. The minimum absolute atomic E-state index is 0. The Hall–Kier alpha value is -10.7. The van der Waals surface area contributed by atoms with Gasteiger partial charge in [-0.1, -0.05) is 149 Å². The summed E-state index contributed by atoms with van der Waals surface area (Å²) in [4.78, 5) is 24.2. The van der Waals surface area contributed by atoms with E-state index in [0.29, 0.717) is 0 Å². The molecular weight excluding hydrogens is 1750 g/mol. The topological polar surface area (TPSA) is 126 Å². The first kappa shape index (κ1) is 70.8. The van der Waals surface area contributed by atoms with Crippen LogP contribution in [0.1, 0.15) is 1.37 Å². The van der Waals surface area contributed by atoms with E-state index >= 15 is 0 Å². The molecule has 0 radical (unpaired) electrons. The maximum Gasteiger partial charge on any atom is 0 e. The zero-order valence-corrected chi connectivity index (χ0v) is 60.7. The van der Waals surface area contributed by atoms with Crippen LogP contribution in [0, 0.1) is 18.8 Å². The monoisotopic (exact) mass is 1800 g/mol. The molecule has 524 valence electrons. The van der Waals surface area contributed by atoms with E-state index in [1.54, 1.807) is 12.7 Å². The van der Waals surface area contributed by atoms with Crippen LogP contribution in [-0.2, 0) is 49.4 Å². The van der Waals surface area contributed by atoms with Crippen LogP contribution in [0.15, 0.2) is 282 Å². The minimum atomic E-state index is -8.55. The van der Waals surface area contributed by atoms with E-state index in [9.17, 15) is 21.0 Å². The SMILES string of the molecule is CN1C=NN(c2[c-]c(N(c3[c-]c4c(cc3)c3ccccc3n4-c3ccccn3)c3cccc4c3oc3ccccc34)ccc2)[CH-]1.C[n+]1cnn(-c2cccc(N(c3ccc4c5ccccc5n(-c5ccccn5)c4c3)c3cccc4c3oc3ccccc34)c2)c1.FP(F)(F)(F)F.[2H][C-]=O.[Cl][Pt][Cl].[F-].[Pt]. The van der Waals surface area contributed by atoms with E-state index in [2.05, 4.69) is 211 Å². The molecule has 0 aliphatic carbocycles. The molecule has 0 saturated carbocycles. The molecule has 18 rings (SSSR count). The molecule has 15 nitrogen and oxygen atoms in total. The average Bonchev–Trinajstić information content (AvgIpc) is 0.901. The molecule has 103 heavy (non-hydrogen) atoms. The summed E-state index contributed by atoms with van der Waals surface area (Å²) >= 11 is -0.472. The van der Waals surface area contributed by atoms with E-state index in [4.69, 9.17) is 43.8 Å². The second-order valence-corrected chi connectivity index (χ2v) is 27.5. The van der Waals surface area contributed by atoms with Gasteiger partial charge in [-0.3, -0.25) is 11.3 Å². The largest absolute Gasteiger partial charge is 1.00 e. The third-order valence-corrected chi connectivity index (χ3v) is 16.6. The van der Waals surface area contributed by atoms with Gasteiger partial charge in [0.1, 0.15) is 28.5 Å². The summed E-state index contributed by atoms with van der Waals surface area (Å²) in [6.07, 6.45) is 9.19.